The van der Waals surface area contributed by atoms with Crippen LogP contribution in [0.1, 0.15) is 11.1 Å². The minimum Gasteiger partial charge on any atom is -0.332 e. The number of aryl methyl sites for hydroxylation is 2. The Balaban J connectivity index is 1.96. The summed E-state index contributed by atoms with van der Waals surface area (Å²) in [6.45, 7) is 4.05. The molecule has 0 spiro atoms. The number of thiocarbonyl (C=S) groups is 1. The molecule has 0 saturated heterocycles. The predicted octanol–water partition coefficient (Wildman–Crippen LogP) is 3.51. The van der Waals surface area contributed by atoms with E-state index < -0.39 is 0 Å². The van der Waals surface area contributed by atoms with Gasteiger partial charge in [0.15, 0.2) is 5.11 Å². The summed E-state index contributed by atoms with van der Waals surface area (Å²) in [4.78, 5) is 4.24. The summed E-state index contributed by atoms with van der Waals surface area (Å²) in [6.07, 6.45) is 1.80. The summed E-state index contributed by atoms with van der Waals surface area (Å²) in [5.74, 6) is 0.741. The zero-order valence-electron chi connectivity index (χ0n) is 10.4. The van der Waals surface area contributed by atoms with Crippen LogP contribution in [0, 0.1) is 13.8 Å². The maximum Gasteiger partial charge on any atom is 0.176 e. The molecular formula is C14H15N3S. The molecule has 1 heterocycles. The van der Waals surface area contributed by atoms with Crippen molar-refractivity contribution in [3.63, 3.8) is 0 Å². The van der Waals surface area contributed by atoms with E-state index in [1.807, 2.05) is 43.3 Å². The molecule has 92 valence electrons. The van der Waals surface area contributed by atoms with Crippen molar-refractivity contribution in [1.82, 2.24) is 4.98 Å². The molecule has 0 unspecified atom stereocenters. The highest BCUT2D eigenvalue weighted by molar-refractivity contribution is 7.80. The van der Waals surface area contributed by atoms with Crippen molar-refractivity contribution < 1.29 is 0 Å². The molecule has 2 N–H and O–H groups in total. The van der Waals surface area contributed by atoms with Gasteiger partial charge in [0, 0.05) is 11.9 Å². The van der Waals surface area contributed by atoms with Crippen LogP contribution in [0.15, 0.2) is 42.6 Å². The van der Waals surface area contributed by atoms with E-state index >= 15 is 0 Å². The second-order valence-electron chi connectivity index (χ2n) is 4.17. The number of hydrogen-bond donors (Lipinski definition) is 2. The van der Waals surface area contributed by atoms with Crippen molar-refractivity contribution >= 4 is 28.8 Å². The fourth-order valence-corrected chi connectivity index (χ4v) is 1.68. The standard InChI is InChI=1S/C14H15N3S/c1-10-3-6-12(7-4-10)16-14(18)17-13-8-5-11(2)9-15-13/h3-9H,1-2H3,(H2,15,16,17,18). The van der Waals surface area contributed by atoms with Crippen molar-refractivity contribution in [3.8, 4) is 0 Å². The van der Waals surface area contributed by atoms with Gasteiger partial charge in [0.2, 0.25) is 0 Å². The quantitative estimate of drug-likeness (QED) is 0.807. The Morgan fingerprint density at radius 1 is 0.944 bits per heavy atom. The molecule has 0 aliphatic heterocycles. The van der Waals surface area contributed by atoms with Crippen molar-refractivity contribution in [2.75, 3.05) is 10.6 Å². The maximum absolute atomic E-state index is 5.22. The van der Waals surface area contributed by atoms with E-state index in [0.29, 0.717) is 5.11 Å². The van der Waals surface area contributed by atoms with Crippen LogP contribution >= 0.6 is 12.2 Å². The highest BCUT2D eigenvalue weighted by atomic mass is 32.1. The fraction of sp³-hybridized carbons (Fsp3) is 0.143. The van der Waals surface area contributed by atoms with Crippen LogP contribution in [0.3, 0.4) is 0 Å². The first-order valence-electron chi connectivity index (χ1n) is 5.71. The average molecular weight is 257 g/mol. The largest absolute Gasteiger partial charge is 0.332 e. The Hall–Kier alpha value is -1.94. The summed E-state index contributed by atoms with van der Waals surface area (Å²) < 4.78 is 0. The van der Waals surface area contributed by atoms with Crippen LogP contribution in [0.2, 0.25) is 0 Å². The molecule has 0 fully saturated rings. The summed E-state index contributed by atoms with van der Waals surface area (Å²) in [7, 11) is 0. The van der Waals surface area contributed by atoms with Crippen molar-refractivity contribution in [2.45, 2.75) is 13.8 Å². The molecule has 0 bridgehead atoms. The van der Waals surface area contributed by atoms with Gasteiger partial charge in [0.1, 0.15) is 5.82 Å². The lowest BCUT2D eigenvalue weighted by atomic mass is 10.2. The Kier molecular flexibility index (Phi) is 3.89. The minimum atomic E-state index is 0.537. The van der Waals surface area contributed by atoms with Gasteiger partial charge < -0.3 is 10.6 Å². The molecule has 2 rings (SSSR count). The van der Waals surface area contributed by atoms with Crippen LogP contribution in [-0.4, -0.2) is 10.1 Å². The molecule has 0 radical (unpaired) electrons. The van der Waals surface area contributed by atoms with Crippen LogP contribution in [0.4, 0.5) is 11.5 Å². The van der Waals surface area contributed by atoms with Gasteiger partial charge in [0.05, 0.1) is 0 Å². The molecule has 0 amide bonds. The van der Waals surface area contributed by atoms with Gasteiger partial charge in [-0.3, -0.25) is 0 Å². The molecule has 0 aliphatic carbocycles. The Morgan fingerprint density at radius 2 is 1.61 bits per heavy atom. The van der Waals surface area contributed by atoms with Crippen molar-refractivity contribution in [2.24, 2.45) is 0 Å². The van der Waals surface area contributed by atoms with Gasteiger partial charge in [-0.05, 0) is 49.8 Å². The van der Waals surface area contributed by atoms with E-state index in [9.17, 15) is 0 Å². The fourth-order valence-electron chi connectivity index (χ4n) is 1.46. The zero-order valence-corrected chi connectivity index (χ0v) is 11.2. The number of nitrogens with one attached hydrogen (secondary N) is 2. The summed E-state index contributed by atoms with van der Waals surface area (Å²) in [5, 5.41) is 6.69. The molecule has 2 aromatic rings. The number of anilines is 2. The predicted molar refractivity (Wildman–Crippen MR) is 80.0 cm³/mol. The third-order valence-corrected chi connectivity index (χ3v) is 2.67. The van der Waals surface area contributed by atoms with Gasteiger partial charge in [0.25, 0.3) is 0 Å². The highest BCUT2D eigenvalue weighted by Crippen LogP contribution is 2.10. The van der Waals surface area contributed by atoms with Crippen LogP contribution in [0.25, 0.3) is 0 Å². The third kappa shape index (κ3) is 3.53. The van der Waals surface area contributed by atoms with Gasteiger partial charge >= 0.3 is 0 Å². The van der Waals surface area contributed by atoms with E-state index in [0.717, 1.165) is 17.1 Å². The second kappa shape index (κ2) is 5.60. The number of rotatable bonds is 2. The number of nitrogens with zero attached hydrogens (tertiary/aromatic N) is 1. The molecule has 3 nitrogen and oxygen atoms in total. The zero-order chi connectivity index (χ0) is 13.0. The minimum absolute atomic E-state index is 0.537. The number of benzene rings is 1. The monoisotopic (exact) mass is 257 g/mol. The topological polar surface area (TPSA) is 37.0 Å². The normalized spacial score (nSPS) is 9.89. The average Bonchev–Trinajstić information content (AvgIpc) is 2.35. The van der Waals surface area contributed by atoms with Gasteiger partial charge in [-0.2, -0.15) is 0 Å². The van der Waals surface area contributed by atoms with Crippen molar-refractivity contribution in [1.29, 1.82) is 0 Å². The van der Waals surface area contributed by atoms with Crippen LogP contribution in [-0.2, 0) is 0 Å². The lowest BCUT2D eigenvalue weighted by molar-refractivity contribution is 1.27. The van der Waals surface area contributed by atoms with E-state index in [-0.39, 0.29) is 0 Å². The molecule has 0 aliphatic rings. The Bertz CT molecular complexity index is 482. The maximum atomic E-state index is 5.22. The Labute approximate surface area is 112 Å². The highest BCUT2D eigenvalue weighted by Gasteiger charge is 1.99. The van der Waals surface area contributed by atoms with E-state index in [2.05, 4.69) is 22.5 Å². The molecule has 0 atom stereocenters. The lowest BCUT2D eigenvalue weighted by Crippen LogP contribution is -2.19. The molecule has 1 aromatic carbocycles. The number of pyridine rings is 1. The molecule has 4 heteroatoms. The molecule has 1 aromatic heterocycles. The van der Waals surface area contributed by atoms with Crippen LogP contribution < -0.4 is 10.6 Å². The Morgan fingerprint density at radius 3 is 2.22 bits per heavy atom. The van der Waals surface area contributed by atoms with E-state index in [4.69, 9.17) is 12.2 Å². The summed E-state index contributed by atoms with van der Waals surface area (Å²) in [6, 6.07) is 11.9. The van der Waals surface area contributed by atoms with E-state index in [1.54, 1.807) is 6.20 Å². The second-order valence-corrected chi connectivity index (χ2v) is 4.57. The summed E-state index contributed by atoms with van der Waals surface area (Å²) >= 11 is 5.22. The molecule has 18 heavy (non-hydrogen) atoms. The molecule has 0 saturated carbocycles. The smallest absolute Gasteiger partial charge is 0.176 e. The van der Waals surface area contributed by atoms with Gasteiger partial charge in [-0.25, -0.2) is 4.98 Å². The molecular weight excluding hydrogens is 242 g/mol. The van der Waals surface area contributed by atoms with Gasteiger partial charge in [-0.15, -0.1) is 0 Å². The first-order valence-corrected chi connectivity index (χ1v) is 6.11. The van der Waals surface area contributed by atoms with E-state index in [1.165, 1.54) is 5.56 Å². The van der Waals surface area contributed by atoms with Crippen LogP contribution in [0.5, 0.6) is 0 Å². The van der Waals surface area contributed by atoms with Gasteiger partial charge in [-0.1, -0.05) is 23.8 Å². The SMILES string of the molecule is Cc1ccc(NC(=S)Nc2ccc(C)cn2)cc1. The third-order valence-electron chi connectivity index (χ3n) is 2.46. The number of aromatic nitrogens is 1. The first kappa shape index (κ1) is 12.5. The first-order chi connectivity index (χ1) is 8.63. The lowest BCUT2D eigenvalue weighted by Gasteiger charge is -2.10. The van der Waals surface area contributed by atoms with Crippen molar-refractivity contribution in [3.05, 3.63) is 53.7 Å². The summed E-state index contributed by atoms with van der Waals surface area (Å²) in [5.41, 5.74) is 3.31. The number of hydrogen-bond acceptors (Lipinski definition) is 2.